The van der Waals surface area contributed by atoms with Crippen LogP contribution in [-0.2, 0) is 9.53 Å². The van der Waals surface area contributed by atoms with Gasteiger partial charge in [0.15, 0.2) is 5.72 Å². The largest absolute Gasteiger partial charge is 0.441 e. The topological polar surface area (TPSA) is 29.5 Å². The van der Waals surface area contributed by atoms with E-state index in [0.29, 0.717) is 0 Å². The van der Waals surface area contributed by atoms with Gasteiger partial charge in [0.1, 0.15) is 0 Å². The normalized spacial score (nSPS) is 11.4. The maximum Gasteiger partial charge on any atom is 0.331 e. The second kappa shape index (κ2) is 3.53. The molecule has 0 aliphatic carbocycles. The standard InChI is InChI=1S/C8H15NO2/c1-6-7(10)11-8(2,3)9(4)5/h6H,1H2,2-5H3. The van der Waals surface area contributed by atoms with Crippen molar-refractivity contribution in [3.05, 3.63) is 12.7 Å². The van der Waals surface area contributed by atoms with Gasteiger partial charge in [-0.3, -0.25) is 4.90 Å². The van der Waals surface area contributed by atoms with Crippen molar-refractivity contribution in [1.82, 2.24) is 4.90 Å². The quantitative estimate of drug-likeness (QED) is 0.348. The lowest BCUT2D eigenvalue weighted by molar-refractivity contribution is -0.165. The number of hydrogen-bond acceptors (Lipinski definition) is 3. The SMILES string of the molecule is C=CC(=O)OC(C)(C)N(C)C. The highest BCUT2D eigenvalue weighted by atomic mass is 16.6. The third kappa shape index (κ3) is 3.18. The molecule has 3 nitrogen and oxygen atoms in total. The summed E-state index contributed by atoms with van der Waals surface area (Å²) in [7, 11) is 3.69. The summed E-state index contributed by atoms with van der Waals surface area (Å²) in [5.41, 5.74) is -0.564. The fraction of sp³-hybridized carbons (Fsp3) is 0.625. The predicted octanol–water partition coefficient (Wildman–Crippen LogP) is 1.01. The fourth-order valence-electron chi connectivity index (χ4n) is 0.379. The van der Waals surface area contributed by atoms with Gasteiger partial charge in [0, 0.05) is 6.08 Å². The number of carbonyl (C=O) groups excluding carboxylic acids is 1. The Balaban J connectivity index is 4.11. The van der Waals surface area contributed by atoms with E-state index in [4.69, 9.17) is 4.74 Å². The molecule has 0 saturated carbocycles. The van der Waals surface area contributed by atoms with Crippen LogP contribution in [0.1, 0.15) is 13.8 Å². The Bertz CT molecular complexity index is 161. The first kappa shape index (κ1) is 10.2. The Labute approximate surface area is 67.6 Å². The molecule has 0 saturated heterocycles. The highest BCUT2D eigenvalue weighted by Crippen LogP contribution is 2.11. The molecule has 0 rings (SSSR count). The lowest BCUT2D eigenvalue weighted by Crippen LogP contribution is -2.42. The van der Waals surface area contributed by atoms with Gasteiger partial charge in [-0.2, -0.15) is 0 Å². The average molecular weight is 157 g/mol. The van der Waals surface area contributed by atoms with Crippen molar-refractivity contribution < 1.29 is 9.53 Å². The van der Waals surface area contributed by atoms with Crippen LogP contribution >= 0.6 is 0 Å². The number of ether oxygens (including phenoxy) is 1. The van der Waals surface area contributed by atoms with Crippen LogP contribution in [0.15, 0.2) is 12.7 Å². The molecule has 0 aromatic heterocycles. The van der Waals surface area contributed by atoms with Crippen LogP contribution < -0.4 is 0 Å². The van der Waals surface area contributed by atoms with Crippen molar-refractivity contribution in [2.45, 2.75) is 19.6 Å². The molecule has 0 aliphatic heterocycles. The number of hydrogen-bond donors (Lipinski definition) is 0. The maximum atomic E-state index is 10.8. The van der Waals surface area contributed by atoms with E-state index < -0.39 is 11.7 Å². The molecule has 0 fully saturated rings. The smallest absolute Gasteiger partial charge is 0.331 e. The van der Waals surface area contributed by atoms with E-state index in [2.05, 4.69) is 6.58 Å². The molecule has 0 heterocycles. The molecule has 0 radical (unpaired) electrons. The van der Waals surface area contributed by atoms with Gasteiger partial charge < -0.3 is 4.74 Å². The summed E-state index contributed by atoms with van der Waals surface area (Å²) in [6.45, 7) is 6.94. The van der Waals surface area contributed by atoms with Crippen LogP contribution in [0.4, 0.5) is 0 Å². The van der Waals surface area contributed by atoms with Crippen LogP contribution in [0.25, 0.3) is 0 Å². The lowest BCUT2D eigenvalue weighted by Gasteiger charge is -2.31. The van der Waals surface area contributed by atoms with Crippen molar-refractivity contribution in [1.29, 1.82) is 0 Å². The summed E-state index contributed by atoms with van der Waals surface area (Å²) in [6.07, 6.45) is 1.16. The van der Waals surface area contributed by atoms with Gasteiger partial charge in [0.2, 0.25) is 0 Å². The molecular formula is C8H15NO2. The van der Waals surface area contributed by atoms with Crippen molar-refractivity contribution >= 4 is 5.97 Å². The molecule has 0 N–H and O–H groups in total. The molecule has 0 amide bonds. The summed E-state index contributed by atoms with van der Waals surface area (Å²) < 4.78 is 5.02. The van der Waals surface area contributed by atoms with Gasteiger partial charge in [0.25, 0.3) is 0 Å². The zero-order chi connectivity index (χ0) is 9.07. The molecule has 0 unspecified atom stereocenters. The fourth-order valence-corrected chi connectivity index (χ4v) is 0.379. The molecule has 0 aromatic carbocycles. The third-order valence-corrected chi connectivity index (χ3v) is 1.59. The highest BCUT2D eigenvalue weighted by Gasteiger charge is 2.23. The zero-order valence-electron chi connectivity index (χ0n) is 7.55. The number of nitrogens with zero attached hydrogens (tertiary/aromatic N) is 1. The van der Waals surface area contributed by atoms with E-state index in [1.807, 2.05) is 32.8 Å². The molecular weight excluding hydrogens is 142 g/mol. The van der Waals surface area contributed by atoms with E-state index in [-0.39, 0.29) is 0 Å². The Morgan fingerprint density at radius 3 is 2.27 bits per heavy atom. The predicted molar refractivity (Wildman–Crippen MR) is 44.1 cm³/mol. The summed E-state index contributed by atoms with van der Waals surface area (Å²) >= 11 is 0. The summed E-state index contributed by atoms with van der Waals surface area (Å²) in [5.74, 6) is -0.399. The first-order valence-corrected chi connectivity index (χ1v) is 3.43. The molecule has 3 heteroatoms. The Morgan fingerprint density at radius 2 is 2.00 bits per heavy atom. The first-order valence-electron chi connectivity index (χ1n) is 3.43. The van der Waals surface area contributed by atoms with E-state index >= 15 is 0 Å². The van der Waals surface area contributed by atoms with Gasteiger partial charge in [-0.25, -0.2) is 4.79 Å². The second-order valence-corrected chi connectivity index (χ2v) is 2.97. The van der Waals surface area contributed by atoms with Crippen molar-refractivity contribution in [2.24, 2.45) is 0 Å². The molecule has 0 aromatic rings. The maximum absolute atomic E-state index is 10.8. The van der Waals surface area contributed by atoms with Crippen LogP contribution in [0.3, 0.4) is 0 Å². The molecule has 0 atom stereocenters. The summed E-state index contributed by atoms with van der Waals surface area (Å²) in [5, 5.41) is 0. The minimum Gasteiger partial charge on any atom is -0.441 e. The van der Waals surface area contributed by atoms with Crippen molar-refractivity contribution in [3.63, 3.8) is 0 Å². The minimum absolute atomic E-state index is 0.399. The van der Waals surface area contributed by atoms with E-state index in [1.165, 1.54) is 0 Å². The zero-order valence-corrected chi connectivity index (χ0v) is 7.55. The van der Waals surface area contributed by atoms with E-state index in [9.17, 15) is 4.79 Å². The van der Waals surface area contributed by atoms with E-state index in [0.717, 1.165) is 6.08 Å². The molecule has 0 bridgehead atoms. The van der Waals surface area contributed by atoms with Gasteiger partial charge in [-0.05, 0) is 27.9 Å². The van der Waals surface area contributed by atoms with Crippen molar-refractivity contribution in [2.75, 3.05) is 14.1 Å². The Hall–Kier alpha value is -0.830. The third-order valence-electron chi connectivity index (χ3n) is 1.59. The van der Waals surface area contributed by atoms with Gasteiger partial charge in [-0.15, -0.1) is 0 Å². The highest BCUT2D eigenvalue weighted by molar-refractivity contribution is 5.81. The first-order chi connectivity index (χ1) is 4.90. The second-order valence-electron chi connectivity index (χ2n) is 2.97. The van der Waals surface area contributed by atoms with Crippen LogP contribution in [0.2, 0.25) is 0 Å². The molecule has 64 valence electrons. The van der Waals surface area contributed by atoms with Gasteiger partial charge in [0.05, 0.1) is 0 Å². The molecule has 0 aliphatic rings. The van der Waals surface area contributed by atoms with Crippen molar-refractivity contribution in [3.8, 4) is 0 Å². The van der Waals surface area contributed by atoms with Crippen LogP contribution in [-0.4, -0.2) is 30.7 Å². The van der Waals surface area contributed by atoms with Crippen LogP contribution in [0, 0.1) is 0 Å². The minimum atomic E-state index is -0.564. The van der Waals surface area contributed by atoms with Gasteiger partial charge in [-0.1, -0.05) is 6.58 Å². The Morgan fingerprint density at radius 1 is 1.55 bits per heavy atom. The number of carbonyl (C=O) groups is 1. The molecule has 0 spiro atoms. The number of rotatable bonds is 3. The average Bonchev–Trinajstić information content (AvgIpc) is 1.86. The Kier molecular flexibility index (Phi) is 3.26. The monoisotopic (exact) mass is 157 g/mol. The van der Waals surface area contributed by atoms with Crippen LogP contribution in [0.5, 0.6) is 0 Å². The molecule has 11 heavy (non-hydrogen) atoms. The number of esters is 1. The van der Waals surface area contributed by atoms with Gasteiger partial charge >= 0.3 is 5.97 Å². The lowest BCUT2D eigenvalue weighted by atomic mass is 10.3. The van der Waals surface area contributed by atoms with E-state index in [1.54, 1.807) is 0 Å². The summed E-state index contributed by atoms with van der Waals surface area (Å²) in [4.78, 5) is 12.6. The summed E-state index contributed by atoms with van der Waals surface area (Å²) in [6, 6.07) is 0.